The number of aryl methyl sites for hydroxylation is 1. The molecular weight excluding hydrogens is 384 g/mol. The van der Waals surface area contributed by atoms with Crippen LogP contribution in [-0.4, -0.2) is 45.1 Å². The van der Waals surface area contributed by atoms with Gasteiger partial charge >= 0.3 is 0 Å². The molecule has 3 rings (SSSR count). The zero-order valence-electron chi connectivity index (χ0n) is 15.5. The molecule has 1 heterocycles. The quantitative estimate of drug-likeness (QED) is 0.843. The lowest BCUT2D eigenvalue weighted by molar-refractivity contribution is 0.0785. The molecule has 2 aromatic rings. The average molecular weight is 409 g/mol. The molecule has 0 aromatic heterocycles. The Morgan fingerprint density at radius 3 is 2.41 bits per heavy atom. The van der Waals surface area contributed by atoms with Crippen LogP contribution in [0.2, 0.25) is 0 Å². The predicted octanol–water partition coefficient (Wildman–Crippen LogP) is 2.63. The molecule has 2 aromatic carbocycles. The number of halogens is 1. The van der Waals surface area contributed by atoms with E-state index < -0.39 is 9.84 Å². The molecule has 7 heteroatoms. The number of rotatable bonds is 4. The molecule has 1 amide bonds. The van der Waals surface area contributed by atoms with E-state index in [0.717, 1.165) is 11.8 Å². The molecule has 146 valence electrons. The largest absolute Gasteiger partial charge is 0.338 e. The number of benzene rings is 2. The number of hydrogen-bond acceptors (Lipinski definition) is 4. The van der Waals surface area contributed by atoms with Gasteiger partial charge in [0.2, 0.25) is 0 Å². The summed E-state index contributed by atoms with van der Waals surface area (Å²) in [5, 5.41) is 0. The minimum atomic E-state index is -3.36. The van der Waals surface area contributed by atoms with Crippen molar-refractivity contribution in [3.63, 3.8) is 0 Å². The SMILES string of the molecule is Cc1ccc(S(C)(=O)=O)cc1C(=O)N1C[C@@H](CN)[C@H](c2ccccc2)C1.Cl. The number of nitrogens with zero attached hydrogens (tertiary/aromatic N) is 1. The summed E-state index contributed by atoms with van der Waals surface area (Å²) >= 11 is 0. The summed E-state index contributed by atoms with van der Waals surface area (Å²) in [5.74, 6) is 0.258. The number of sulfone groups is 1. The molecule has 1 saturated heterocycles. The molecule has 1 fully saturated rings. The highest BCUT2D eigenvalue weighted by Crippen LogP contribution is 2.33. The maximum atomic E-state index is 13.1. The molecule has 0 aliphatic carbocycles. The molecular formula is C20H25ClN2O3S. The van der Waals surface area contributed by atoms with Gasteiger partial charge in [-0.25, -0.2) is 8.42 Å². The van der Waals surface area contributed by atoms with Crippen LogP contribution in [0.25, 0.3) is 0 Å². The second kappa shape index (κ2) is 8.42. The maximum absolute atomic E-state index is 13.1. The number of hydrogen-bond donors (Lipinski definition) is 1. The first-order valence-electron chi connectivity index (χ1n) is 8.66. The zero-order valence-corrected chi connectivity index (χ0v) is 17.1. The van der Waals surface area contributed by atoms with Gasteiger partial charge in [-0.05, 0) is 42.6 Å². The molecule has 0 bridgehead atoms. The summed E-state index contributed by atoms with van der Waals surface area (Å²) in [7, 11) is -3.36. The summed E-state index contributed by atoms with van der Waals surface area (Å²) < 4.78 is 23.7. The van der Waals surface area contributed by atoms with Crippen LogP contribution in [0.5, 0.6) is 0 Å². The fraction of sp³-hybridized carbons (Fsp3) is 0.350. The third-order valence-corrected chi connectivity index (χ3v) is 6.24. The second-order valence-corrected chi connectivity index (χ2v) is 8.99. The predicted molar refractivity (Wildman–Crippen MR) is 109 cm³/mol. The van der Waals surface area contributed by atoms with E-state index in [1.807, 2.05) is 25.1 Å². The van der Waals surface area contributed by atoms with Crippen LogP contribution in [0.1, 0.15) is 27.4 Å². The first kappa shape index (κ1) is 21.4. The van der Waals surface area contributed by atoms with Crippen molar-refractivity contribution in [2.75, 3.05) is 25.9 Å². The number of nitrogens with two attached hydrogens (primary N) is 1. The molecule has 5 nitrogen and oxygen atoms in total. The van der Waals surface area contributed by atoms with E-state index in [-0.39, 0.29) is 35.0 Å². The third kappa shape index (κ3) is 4.51. The minimum absolute atomic E-state index is 0. The molecule has 0 radical (unpaired) electrons. The monoisotopic (exact) mass is 408 g/mol. The second-order valence-electron chi connectivity index (χ2n) is 6.97. The highest BCUT2D eigenvalue weighted by molar-refractivity contribution is 7.90. The van der Waals surface area contributed by atoms with Gasteiger partial charge in [-0.1, -0.05) is 36.4 Å². The van der Waals surface area contributed by atoms with Gasteiger partial charge in [-0.15, -0.1) is 12.4 Å². The highest BCUT2D eigenvalue weighted by Gasteiger charge is 2.36. The number of amides is 1. The number of carbonyl (C=O) groups is 1. The van der Waals surface area contributed by atoms with E-state index in [1.54, 1.807) is 17.0 Å². The Kier molecular flexibility index (Phi) is 6.68. The molecule has 2 N–H and O–H groups in total. The Morgan fingerprint density at radius 1 is 1.15 bits per heavy atom. The molecule has 1 aliphatic heterocycles. The van der Waals surface area contributed by atoms with E-state index in [2.05, 4.69) is 12.1 Å². The number of likely N-dealkylation sites (tertiary alicyclic amines) is 1. The van der Waals surface area contributed by atoms with Gasteiger partial charge in [0, 0.05) is 30.8 Å². The molecule has 27 heavy (non-hydrogen) atoms. The van der Waals surface area contributed by atoms with Gasteiger partial charge in [-0.2, -0.15) is 0 Å². The van der Waals surface area contributed by atoms with Crippen LogP contribution < -0.4 is 5.73 Å². The standard InChI is InChI=1S/C20H24N2O3S.ClH/c1-14-8-9-17(26(2,24)25)10-18(14)20(23)22-12-16(11-21)19(13-22)15-6-4-3-5-7-15;/h3-10,16,19H,11-13,21H2,1-2H3;1H/t16-,19+;/m1./s1. The van der Waals surface area contributed by atoms with Crippen molar-refractivity contribution >= 4 is 28.2 Å². The van der Waals surface area contributed by atoms with Crippen LogP contribution in [-0.2, 0) is 9.84 Å². The van der Waals surface area contributed by atoms with Crippen LogP contribution in [0.4, 0.5) is 0 Å². The molecule has 0 unspecified atom stereocenters. The van der Waals surface area contributed by atoms with Gasteiger partial charge in [0.15, 0.2) is 9.84 Å². The fourth-order valence-electron chi connectivity index (χ4n) is 3.59. The van der Waals surface area contributed by atoms with E-state index in [0.29, 0.717) is 25.2 Å². The summed E-state index contributed by atoms with van der Waals surface area (Å²) in [6.07, 6.45) is 1.15. The fourth-order valence-corrected chi connectivity index (χ4v) is 4.23. The van der Waals surface area contributed by atoms with Crippen molar-refractivity contribution in [2.24, 2.45) is 11.7 Å². The Balaban J connectivity index is 0.00000261. The molecule has 1 aliphatic rings. The van der Waals surface area contributed by atoms with Gasteiger partial charge in [-0.3, -0.25) is 4.79 Å². The van der Waals surface area contributed by atoms with Crippen LogP contribution >= 0.6 is 12.4 Å². The van der Waals surface area contributed by atoms with Crippen molar-refractivity contribution < 1.29 is 13.2 Å². The smallest absolute Gasteiger partial charge is 0.254 e. The summed E-state index contributed by atoms with van der Waals surface area (Å²) in [6.45, 7) is 3.50. The normalized spacial score (nSPS) is 19.6. The lowest BCUT2D eigenvalue weighted by atomic mass is 9.89. The van der Waals surface area contributed by atoms with E-state index in [4.69, 9.17) is 5.73 Å². The third-order valence-electron chi connectivity index (χ3n) is 5.13. The van der Waals surface area contributed by atoms with Gasteiger partial charge < -0.3 is 10.6 Å². The average Bonchev–Trinajstić information content (AvgIpc) is 3.05. The van der Waals surface area contributed by atoms with Gasteiger partial charge in [0.25, 0.3) is 5.91 Å². The summed E-state index contributed by atoms with van der Waals surface area (Å²) in [4.78, 5) is 15.0. The number of carbonyl (C=O) groups excluding carboxylic acids is 1. The summed E-state index contributed by atoms with van der Waals surface area (Å²) in [5.41, 5.74) is 8.35. The first-order valence-corrected chi connectivity index (χ1v) is 10.6. The van der Waals surface area contributed by atoms with Crippen molar-refractivity contribution in [1.82, 2.24) is 4.90 Å². The van der Waals surface area contributed by atoms with E-state index in [1.165, 1.54) is 11.6 Å². The van der Waals surface area contributed by atoms with Crippen LogP contribution in [0, 0.1) is 12.8 Å². The lowest BCUT2D eigenvalue weighted by Crippen LogP contribution is -2.30. The van der Waals surface area contributed by atoms with E-state index in [9.17, 15) is 13.2 Å². The lowest BCUT2D eigenvalue weighted by Gasteiger charge is -2.18. The van der Waals surface area contributed by atoms with Crippen LogP contribution in [0.3, 0.4) is 0 Å². The van der Waals surface area contributed by atoms with Crippen LogP contribution in [0.15, 0.2) is 53.4 Å². The Labute approximate surface area is 166 Å². The molecule has 0 saturated carbocycles. The first-order chi connectivity index (χ1) is 12.3. The minimum Gasteiger partial charge on any atom is -0.338 e. The van der Waals surface area contributed by atoms with E-state index >= 15 is 0 Å². The summed E-state index contributed by atoms with van der Waals surface area (Å²) in [6, 6.07) is 14.8. The Bertz CT molecular complexity index is 916. The zero-order chi connectivity index (χ0) is 18.9. The molecule has 2 atom stereocenters. The topological polar surface area (TPSA) is 80.5 Å². The Hall–Kier alpha value is -1.89. The maximum Gasteiger partial charge on any atom is 0.254 e. The molecule has 0 spiro atoms. The van der Waals surface area contributed by atoms with Crippen molar-refractivity contribution in [2.45, 2.75) is 17.7 Å². The van der Waals surface area contributed by atoms with Gasteiger partial charge in [0.05, 0.1) is 4.90 Å². The van der Waals surface area contributed by atoms with Crippen molar-refractivity contribution in [3.05, 3.63) is 65.2 Å². The Morgan fingerprint density at radius 2 is 1.81 bits per heavy atom. The van der Waals surface area contributed by atoms with Gasteiger partial charge in [0.1, 0.15) is 0 Å². The van der Waals surface area contributed by atoms with Crippen molar-refractivity contribution in [1.29, 1.82) is 0 Å². The highest BCUT2D eigenvalue weighted by atomic mass is 35.5. The van der Waals surface area contributed by atoms with Crippen molar-refractivity contribution in [3.8, 4) is 0 Å².